The molecule has 0 radical (unpaired) electrons. The van der Waals surface area contributed by atoms with Crippen molar-refractivity contribution >= 4 is 27.8 Å². The highest BCUT2D eigenvalue weighted by molar-refractivity contribution is 6.10. The zero-order valence-electron chi connectivity index (χ0n) is 44.9. The molecule has 1 aliphatic carbocycles. The number of hydrogen-bond donors (Lipinski definition) is 0. The summed E-state index contributed by atoms with van der Waals surface area (Å²) in [5.74, 6) is 1.15. The molecule has 8 aromatic carbocycles. The van der Waals surface area contributed by atoms with Crippen molar-refractivity contribution in [2.45, 2.75) is 134 Å². The molecule has 2 heteroatoms. The minimum atomic E-state index is -0.107. The van der Waals surface area contributed by atoms with Gasteiger partial charge in [0.25, 0.3) is 0 Å². The smallest absolute Gasteiger partial charge is 0.0991 e. The van der Waals surface area contributed by atoms with E-state index in [1.807, 2.05) is 66.7 Å². The van der Waals surface area contributed by atoms with Gasteiger partial charge < -0.3 is 4.90 Å². The number of fused-ring (bicyclic) bond motifs is 5. The molecule has 2 nitrogen and oxygen atoms in total. The lowest BCUT2D eigenvalue weighted by Crippen LogP contribution is -2.17. The molecule has 0 fully saturated rings. The highest BCUT2D eigenvalue weighted by atomic mass is 15.1. The van der Waals surface area contributed by atoms with E-state index in [2.05, 4.69) is 219 Å². The van der Waals surface area contributed by atoms with Crippen molar-refractivity contribution in [1.29, 1.82) is 5.26 Å². The van der Waals surface area contributed by atoms with Crippen LogP contribution in [0.5, 0.6) is 0 Å². The number of aryl methyl sites for hydroxylation is 3. The monoisotopic (exact) mass is 913 g/mol. The molecule has 0 N–H and O–H groups in total. The van der Waals surface area contributed by atoms with E-state index in [1.165, 1.54) is 83.3 Å². The van der Waals surface area contributed by atoms with Crippen molar-refractivity contribution in [2.75, 3.05) is 4.90 Å². The zero-order chi connectivity index (χ0) is 50.8. The van der Waals surface area contributed by atoms with Gasteiger partial charge in [-0.1, -0.05) is 228 Å². The third-order valence-electron chi connectivity index (χ3n) is 12.9. The van der Waals surface area contributed by atoms with Gasteiger partial charge in [-0.15, -0.1) is 0 Å². The molecule has 1 unspecified atom stereocenters. The lowest BCUT2D eigenvalue weighted by Gasteiger charge is -2.31. The summed E-state index contributed by atoms with van der Waals surface area (Å²) >= 11 is 0. The summed E-state index contributed by atoms with van der Waals surface area (Å²) in [6.07, 6.45) is 1.12. The lowest BCUT2D eigenvalue weighted by molar-refractivity contribution is 0.660. The Labute approximate surface area is 418 Å². The Morgan fingerprint density at radius 2 is 1.07 bits per heavy atom. The Balaban J connectivity index is 0.000000340. The number of nitriles is 1. The molecule has 1 aliphatic rings. The maximum atomic E-state index is 8.41. The molecule has 69 heavy (non-hydrogen) atoms. The van der Waals surface area contributed by atoms with E-state index in [9.17, 15) is 0 Å². The SMILES string of the molecule is CC.CC.CC.CCC(C)c1ccccc1-c1cccc(N(c2ccccc2)c2cc3c(c4ccccc24)-c2ccc(C)cc2C3(C)C)c1C.Cc1ccc(C(C)C)cc1.Cc1cccc(C#N)c1. The summed E-state index contributed by atoms with van der Waals surface area (Å²) in [6, 6.07) is 63.4. The number of para-hydroxylation sites is 1. The predicted molar refractivity (Wildman–Crippen MR) is 305 cm³/mol. The summed E-state index contributed by atoms with van der Waals surface area (Å²) in [4.78, 5) is 2.50. The van der Waals surface area contributed by atoms with Gasteiger partial charge in [-0.05, 0) is 143 Å². The average Bonchev–Trinajstić information content (AvgIpc) is 3.61. The third-order valence-corrected chi connectivity index (χ3v) is 12.9. The largest absolute Gasteiger partial charge is 0.310 e. The maximum Gasteiger partial charge on any atom is 0.0991 e. The molecular formula is C67H80N2. The van der Waals surface area contributed by atoms with Gasteiger partial charge in [-0.25, -0.2) is 0 Å². The van der Waals surface area contributed by atoms with Crippen LogP contribution in [0.3, 0.4) is 0 Å². The Hall–Kier alpha value is -6.69. The van der Waals surface area contributed by atoms with E-state index >= 15 is 0 Å². The van der Waals surface area contributed by atoms with Crippen molar-refractivity contribution in [1.82, 2.24) is 0 Å². The van der Waals surface area contributed by atoms with Gasteiger partial charge in [-0.2, -0.15) is 5.26 Å². The normalized spacial score (nSPS) is 11.7. The predicted octanol–water partition coefficient (Wildman–Crippen LogP) is 20.5. The highest BCUT2D eigenvalue weighted by Gasteiger charge is 2.38. The van der Waals surface area contributed by atoms with Crippen LogP contribution in [0.1, 0.15) is 151 Å². The molecule has 1 atom stereocenters. The van der Waals surface area contributed by atoms with Crippen molar-refractivity contribution in [3.05, 3.63) is 220 Å². The van der Waals surface area contributed by atoms with E-state index in [1.54, 1.807) is 6.07 Å². The molecule has 0 aromatic heterocycles. The summed E-state index contributed by atoms with van der Waals surface area (Å²) in [5.41, 5.74) is 20.3. The second kappa shape index (κ2) is 26.2. The van der Waals surface area contributed by atoms with Gasteiger partial charge in [0.05, 0.1) is 17.3 Å². The number of anilines is 3. The first-order valence-electron chi connectivity index (χ1n) is 25.6. The van der Waals surface area contributed by atoms with Crippen molar-refractivity contribution in [3.63, 3.8) is 0 Å². The number of nitrogens with zero attached hydrogens (tertiary/aromatic N) is 2. The number of rotatable bonds is 7. The van der Waals surface area contributed by atoms with Gasteiger partial charge in [0.2, 0.25) is 0 Å². The molecule has 0 saturated carbocycles. The van der Waals surface area contributed by atoms with Crippen molar-refractivity contribution in [2.24, 2.45) is 0 Å². The first kappa shape index (κ1) is 54.9. The van der Waals surface area contributed by atoms with E-state index in [0.717, 1.165) is 23.2 Å². The van der Waals surface area contributed by atoms with Gasteiger partial charge in [0.15, 0.2) is 0 Å². The first-order valence-corrected chi connectivity index (χ1v) is 25.6. The minimum Gasteiger partial charge on any atom is -0.310 e. The van der Waals surface area contributed by atoms with Crippen molar-refractivity contribution < 1.29 is 0 Å². The van der Waals surface area contributed by atoms with E-state index in [0.29, 0.717) is 11.8 Å². The Kier molecular flexibility index (Phi) is 20.8. The fourth-order valence-electron chi connectivity index (χ4n) is 9.06. The van der Waals surface area contributed by atoms with Crippen LogP contribution in [0.25, 0.3) is 33.0 Å². The van der Waals surface area contributed by atoms with Crippen LogP contribution < -0.4 is 4.90 Å². The van der Waals surface area contributed by atoms with E-state index in [4.69, 9.17) is 5.26 Å². The van der Waals surface area contributed by atoms with Gasteiger partial charge in [0, 0.05) is 22.2 Å². The van der Waals surface area contributed by atoms with E-state index in [-0.39, 0.29) is 5.41 Å². The quantitative estimate of drug-likeness (QED) is 0.159. The second-order valence-corrected chi connectivity index (χ2v) is 18.1. The van der Waals surface area contributed by atoms with Gasteiger partial charge in [-0.3, -0.25) is 0 Å². The molecule has 8 aromatic rings. The molecule has 0 heterocycles. The molecule has 0 aliphatic heterocycles. The van der Waals surface area contributed by atoms with Crippen LogP contribution >= 0.6 is 0 Å². The number of hydrogen-bond acceptors (Lipinski definition) is 2. The Morgan fingerprint density at radius 1 is 0.507 bits per heavy atom. The summed E-state index contributed by atoms with van der Waals surface area (Å²) in [6.45, 7) is 34.4. The van der Waals surface area contributed by atoms with Crippen LogP contribution in [0.2, 0.25) is 0 Å². The molecule has 358 valence electrons. The minimum absolute atomic E-state index is 0.107. The molecule has 9 rings (SSSR count). The highest BCUT2D eigenvalue weighted by Crippen LogP contribution is 2.55. The summed E-state index contributed by atoms with van der Waals surface area (Å²) in [7, 11) is 0. The average molecular weight is 913 g/mol. The second-order valence-electron chi connectivity index (χ2n) is 18.1. The molecule has 0 amide bonds. The Bertz CT molecular complexity index is 2890. The van der Waals surface area contributed by atoms with E-state index < -0.39 is 0 Å². The third kappa shape index (κ3) is 12.7. The summed E-state index contributed by atoms with van der Waals surface area (Å²) in [5, 5.41) is 11.0. The van der Waals surface area contributed by atoms with Gasteiger partial charge in [0.1, 0.15) is 0 Å². The molecule has 0 saturated heterocycles. The fraction of sp³-hybridized carbons (Fsp3) is 0.299. The Morgan fingerprint density at radius 3 is 1.68 bits per heavy atom. The fourth-order valence-corrected chi connectivity index (χ4v) is 9.06. The van der Waals surface area contributed by atoms with Crippen molar-refractivity contribution in [3.8, 4) is 28.3 Å². The lowest BCUT2D eigenvalue weighted by atomic mass is 9.81. The van der Waals surface area contributed by atoms with Crippen LogP contribution in [0.15, 0.2) is 170 Å². The standard InChI is InChI=1S/C43H41N.C10H14.C8H7N.3C2H6/c1-7-29(3)32-18-11-12-19-34(32)33-22-15-23-40(30(33)4)44(31-16-9-8-10-17-31)41-27-39-42(36-21-14-13-20-35(36)41)37-25-24-28(2)26-38(37)43(39,5)6;1-8(2)10-6-4-9(3)5-7-10;1-7-3-2-4-8(5-7)6-9;3*1-2/h8-27,29H,7H2,1-6H3;4-8H,1-3H3;2-5H,1H3;3*1-2H3. The zero-order valence-corrected chi connectivity index (χ0v) is 44.9. The topological polar surface area (TPSA) is 27.0 Å². The van der Waals surface area contributed by atoms with Crippen LogP contribution in [-0.2, 0) is 5.41 Å². The number of benzene rings is 8. The van der Waals surface area contributed by atoms with Crippen LogP contribution in [0.4, 0.5) is 17.1 Å². The maximum absolute atomic E-state index is 8.41. The van der Waals surface area contributed by atoms with Gasteiger partial charge >= 0.3 is 0 Å². The molecule has 0 bridgehead atoms. The summed E-state index contributed by atoms with van der Waals surface area (Å²) < 4.78 is 0. The first-order chi connectivity index (χ1) is 33.3. The van der Waals surface area contributed by atoms with Crippen LogP contribution in [0, 0.1) is 39.0 Å². The molecular weight excluding hydrogens is 833 g/mol. The van der Waals surface area contributed by atoms with Crippen LogP contribution in [-0.4, -0.2) is 0 Å². The molecule has 0 spiro atoms.